The molecule has 1 aromatic rings. The fraction of sp³-hybridized carbons (Fsp3) is 0.500. The zero-order valence-electron chi connectivity index (χ0n) is 10.8. The van der Waals surface area contributed by atoms with E-state index in [0.29, 0.717) is 56.7 Å². The normalized spacial score (nSPS) is 17.7. The molecule has 19 heavy (non-hydrogen) atoms. The first-order chi connectivity index (χ1) is 9.40. The summed E-state index contributed by atoms with van der Waals surface area (Å²) in [5.74, 6) is 1.18. The van der Waals surface area contributed by atoms with Crippen LogP contribution in [0.1, 0.15) is 16.8 Å². The van der Waals surface area contributed by atoms with Crippen molar-refractivity contribution in [3.05, 3.63) is 23.8 Å². The number of carbonyl (C=O) groups is 1. The Balaban J connectivity index is 2.05. The van der Waals surface area contributed by atoms with Gasteiger partial charge in [-0.1, -0.05) is 0 Å². The number of hydrogen-bond acceptors (Lipinski definition) is 5. The smallest absolute Gasteiger partial charge is 0.162 e. The molecule has 0 aromatic heterocycles. The Morgan fingerprint density at radius 3 is 2.21 bits per heavy atom. The van der Waals surface area contributed by atoms with Crippen molar-refractivity contribution >= 4 is 6.29 Å². The maximum atomic E-state index is 10.8. The lowest BCUT2D eigenvalue weighted by Gasteiger charge is -2.12. The molecule has 0 bridgehead atoms. The van der Waals surface area contributed by atoms with Gasteiger partial charge in [0, 0.05) is 18.8 Å². The maximum absolute atomic E-state index is 10.8. The van der Waals surface area contributed by atoms with E-state index >= 15 is 0 Å². The Morgan fingerprint density at radius 2 is 1.53 bits per heavy atom. The Morgan fingerprint density at radius 1 is 0.842 bits per heavy atom. The minimum absolute atomic E-state index is 0.430. The van der Waals surface area contributed by atoms with Crippen molar-refractivity contribution in [2.75, 3.05) is 39.6 Å². The summed E-state index contributed by atoms with van der Waals surface area (Å²) in [6.07, 6.45) is 1.65. The van der Waals surface area contributed by atoms with Crippen LogP contribution in [0.25, 0.3) is 0 Å². The molecule has 0 saturated heterocycles. The molecule has 0 amide bonds. The van der Waals surface area contributed by atoms with Gasteiger partial charge in [0.05, 0.1) is 13.2 Å². The number of hydrogen-bond donors (Lipinski definition) is 0. The van der Waals surface area contributed by atoms with Crippen molar-refractivity contribution in [1.82, 2.24) is 0 Å². The number of carbonyl (C=O) groups excluding carboxylic acids is 1. The second-order valence-corrected chi connectivity index (χ2v) is 4.10. The first-order valence-corrected chi connectivity index (χ1v) is 6.40. The van der Waals surface area contributed by atoms with Crippen LogP contribution in [0.4, 0.5) is 0 Å². The number of ether oxygens (including phenoxy) is 4. The number of benzene rings is 1. The van der Waals surface area contributed by atoms with Crippen molar-refractivity contribution in [3.63, 3.8) is 0 Å². The first kappa shape index (κ1) is 13.8. The molecule has 0 radical (unpaired) electrons. The fourth-order valence-corrected chi connectivity index (χ4v) is 1.72. The van der Waals surface area contributed by atoms with Crippen LogP contribution in [0.15, 0.2) is 18.2 Å². The first-order valence-electron chi connectivity index (χ1n) is 6.40. The second kappa shape index (κ2) is 7.76. The highest BCUT2D eigenvalue weighted by Crippen LogP contribution is 2.28. The molecule has 1 aromatic carbocycles. The van der Waals surface area contributed by atoms with Gasteiger partial charge in [0.15, 0.2) is 11.5 Å². The quantitative estimate of drug-likeness (QED) is 0.724. The average Bonchev–Trinajstić information content (AvgIpc) is 2.47. The van der Waals surface area contributed by atoms with Gasteiger partial charge in [-0.3, -0.25) is 4.79 Å². The van der Waals surface area contributed by atoms with Crippen LogP contribution in [0.5, 0.6) is 11.5 Å². The molecule has 5 nitrogen and oxygen atoms in total. The third kappa shape index (κ3) is 4.54. The molecule has 1 aliphatic rings. The Bertz CT molecular complexity index is 405. The SMILES string of the molecule is O=Cc1ccc2c(c1)OCCOCCCOCCO2. The van der Waals surface area contributed by atoms with Gasteiger partial charge in [0.2, 0.25) is 0 Å². The summed E-state index contributed by atoms with van der Waals surface area (Å²) >= 11 is 0. The highest BCUT2D eigenvalue weighted by Gasteiger charge is 2.07. The highest BCUT2D eigenvalue weighted by atomic mass is 16.6. The second-order valence-electron chi connectivity index (χ2n) is 4.10. The molecule has 2 rings (SSSR count). The van der Waals surface area contributed by atoms with Gasteiger partial charge >= 0.3 is 0 Å². The van der Waals surface area contributed by atoms with Crippen LogP contribution in [-0.2, 0) is 9.47 Å². The molecule has 0 fully saturated rings. The minimum Gasteiger partial charge on any atom is -0.487 e. The van der Waals surface area contributed by atoms with E-state index in [1.54, 1.807) is 18.2 Å². The molecule has 0 saturated carbocycles. The summed E-state index contributed by atoms with van der Waals surface area (Å²) in [7, 11) is 0. The lowest BCUT2D eigenvalue weighted by atomic mass is 10.2. The van der Waals surface area contributed by atoms with Gasteiger partial charge in [-0.05, 0) is 24.6 Å². The molecule has 104 valence electrons. The summed E-state index contributed by atoms with van der Waals surface area (Å²) in [5.41, 5.74) is 0.559. The average molecular weight is 266 g/mol. The molecule has 0 spiro atoms. The van der Waals surface area contributed by atoms with Crippen molar-refractivity contribution in [2.24, 2.45) is 0 Å². The van der Waals surface area contributed by atoms with E-state index in [0.717, 1.165) is 12.7 Å². The minimum atomic E-state index is 0.430. The molecule has 0 aliphatic carbocycles. The molecular weight excluding hydrogens is 248 g/mol. The third-order valence-corrected chi connectivity index (χ3v) is 2.65. The van der Waals surface area contributed by atoms with E-state index in [2.05, 4.69) is 0 Å². The maximum Gasteiger partial charge on any atom is 0.162 e. The van der Waals surface area contributed by atoms with E-state index in [9.17, 15) is 4.79 Å². The van der Waals surface area contributed by atoms with Crippen LogP contribution >= 0.6 is 0 Å². The summed E-state index contributed by atoms with van der Waals surface area (Å²) in [6, 6.07) is 5.10. The monoisotopic (exact) mass is 266 g/mol. The van der Waals surface area contributed by atoms with Gasteiger partial charge in [-0.2, -0.15) is 0 Å². The standard InChI is InChI=1S/C14H18O5/c15-11-12-2-3-13-14(10-12)19-9-7-17-5-1-4-16-6-8-18-13/h2-3,10-11H,1,4-9H2. The van der Waals surface area contributed by atoms with E-state index < -0.39 is 0 Å². The highest BCUT2D eigenvalue weighted by molar-refractivity contribution is 5.76. The van der Waals surface area contributed by atoms with Gasteiger partial charge in [0.25, 0.3) is 0 Å². The molecular formula is C14H18O5. The molecule has 0 N–H and O–H groups in total. The van der Waals surface area contributed by atoms with Gasteiger partial charge in [-0.15, -0.1) is 0 Å². The molecule has 1 heterocycles. The zero-order chi connectivity index (χ0) is 13.3. The number of fused-ring (bicyclic) bond motifs is 1. The summed E-state index contributed by atoms with van der Waals surface area (Å²) in [4.78, 5) is 10.8. The number of aldehydes is 1. The Hall–Kier alpha value is -1.59. The lowest BCUT2D eigenvalue weighted by molar-refractivity contribution is 0.0638. The van der Waals surface area contributed by atoms with Crippen molar-refractivity contribution in [3.8, 4) is 11.5 Å². The largest absolute Gasteiger partial charge is 0.487 e. The van der Waals surface area contributed by atoms with E-state index in [1.165, 1.54) is 0 Å². The van der Waals surface area contributed by atoms with E-state index in [-0.39, 0.29) is 0 Å². The van der Waals surface area contributed by atoms with Crippen molar-refractivity contribution in [1.29, 1.82) is 0 Å². The molecule has 0 atom stereocenters. The third-order valence-electron chi connectivity index (χ3n) is 2.65. The number of rotatable bonds is 1. The van der Waals surface area contributed by atoms with Gasteiger partial charge in [-0.25, -0.2) is 0 Å². The van der Waals surface area contributed by atoms with E-state index in [4.69, 9.17) is 18.9 Å². The van der Waals surface area contributed by atoms with Crippen LogP contribution in [0, 0.1) is 0 Å². The van der Waals surface area contributed by atoms with Crippen LogP contribution in [0.3, 0.4) is 0 Å². The summed E-state index contributed by atoms with van der Waals surface area (Å²) in [6.45, 7) is 3.24. The fourth-order valence-electron chi connectivity index (χ4n) is 1.72. The van der Waals surface area contributed by atoms with E-state index in [1.807, 2.05) is 0 Å². The topological polar surface area (TPSA) is 54.0 Å². The van der Waals surface area contributed by atoms with Gasteiger partial charge in [0.1, 0.15) is 19.5 Å². The zero-order valence-corrected chi connectivity index (χ0v) is 10.8. The Kier molecular flexibility index (Phi) is 5.65. The lowest BCUT2D eigenvalue weighted by Crippen LogP contribution is -2.08. The summed E-state index contributed by atoms with van der Waals surface area (Å²) in [5, 5.41) is 0. The van der Waals surface area contributed by atoms with Gasteiger partial charge < -0.3 is 18.9 Å². The predicted molar refractivity (Wildman–Crippen MR) is 69.1 cm³/mol. The Labute approximate surface area is 112 Å². The molecule has 5 heteroatoms. The van der Waals surface area contributed by atoms with Crippen molar-refractivity contribution < 1.29 is 23.7 Å². The predicted octanol–water partition coefficient (Wildman–Crippen LogP) is 1.69. The van der Waals surface area contributed by atoms with Crippen molar-refractivity contribution in [2.45, 2.75) is 6.42 Å². The molecule has 1 aliphatic heterocycles. The van der Waals surface area contributed by atoms with Crippen LogP contribution in [0.2, 0.25) is 0 Å². The van der Waals surface area contributed by atoms with Crippen LogP contribution < -0.4 is 9.47 Å². The van der Waals surface area contributed by atoms with Crippen LogP contribution in [-0.4, -0.2) is 45.9 Å². The molecule has 0 unspecified atom stereocenters. The summed E-state index contributed by atoms with van der Waals surface area (Å²) < 4.78 is 22.0.